The van der Waals surface area contributed by atoms with Crippen LogP contribution in [0.25, 0.3) is 0 Å². The number of rotatable bonds is 7. The van der Waals surface area contributed by atoms with Crippen molar-refractivity contribution in [3.8, 4) is 0 Å². The van der Waals surface area contributed by atoms with E-state index in [1.165, 1.54) is 11.3 Å². The molecule has 27 heavy (non-hydrogen) atoms. The maximum Gasteiger partial charge on any atom is 0.348 e. The summed E-state index contributed by atoms with van der Waals surface area (Å²) in [7, 11) is 0. The molecule has 1 N–H and O–H groups in total. The van der Waals surface area contributed by atoms with Gasteiger partial charge in [-0.3, -0.25) is 9.48 Å². The summed E-state index contributed by atoms with van der Waals surface area (Å²) in [4.78, 5) is 25.1. The number of carbonyl (C=O) groups is 2. The lowest BCUT2D eigenvalue weighted by atomic mass is 10.2. The average molecular weight is 404 g/mol. The Hall–Kier alpha value is -2.64. The number of nitrogens with one attached hydrogen (secondary N) is 1. The number of aryl methyl sites for hydroxylation is 2. The molecule has 0 atom stereocenters. The maximum atomic E-state index is 12.3. The third-order valence-corrected chi connectivity index (χ3v) is 5.24. The number of nitrogens with zero attached hydrogens (tertiary/aromatic N) is 2. The predicted molar refractivity (Wildman–Crippen MR) is 106 cm³/mol. The number of anilines is 1. The summed E-state index contributed by atoms with van der Waals surface area (Å²) in [6.45, 7) is 2.79. The van der Waals surface area contributed by atoms with Crippen molar-refractivity contribution in [2.75, 3.05) is 11.9 Å². The van der Waals surface area contributed by atoms with E-state index in [1.807, 2.05) is 19.2 Å². The summed E-state index contributed by atoms with van der Waals surface area (Å²) in [6.07, 6.45) is 4.24. The number of aromatic nitrogens is 2. The molecular formula is C19H18ClN3O3S. The quantitative estimate of drug-likeness (QED) is 0.468. The molecule has 8 heteroatoms. The molecule has 0 saturated heterocycles. The second kappa shape index (κ2) is 8.83. The molecule has 0 aliphatic rings. The van der Waals surface area contributed by atoms with Crippen molar-refractivity contribution in [3.63, 3.8) is 0 Å². The first kappa shape index (κ1) is 19.1. The second-order valence-corrected chi connectivity index (χ2v) is 7.27. The van der Waals surface area contributed by atoms with Crippen molar-refractivity contribution in [2.24, 2.45) is 0 Å². The molecule has 1 amide bonds. The Morgan fingerprint density at radius 1 is 1.30 bits per heavy atom. The molecule has 0 saturated carbocycles. The number of halogens is 1. The van der Waals surface area contributed by atoms with E-state index >= 15 is 0 Å². The summed E-state index contributed by atoms with van der Waals surface area (Å²) >= 11 is 7.23. The van der Waals surface area contributed by atoms with Crippen molar-refractivity contribution in [1.29, 1.82) is 0 Å². The lowest BCUT2D eigenvalue weighted by Gasteiger charge is -2.05. The van der Waals surface area contributed by atoms with Gasteiger partial charge in [0.25, 0.3) is 5.91 Å². The highest BCUT2D eigenvalue weighted by Crippen LogP contribution is 2.28. The van der Waals surface area contributed by atoms with E-state index in [9.17, 15) is 9.59 Å². The van der Waals surface area contributed by atoms with Crippen LogP contribution >= 0.6 is 22.9 Å². The third-order valence-electron chi connectivity index (χ3n) is 3.78. The standard InChI is InChI=1S/C19H18ClN3O3S/c1-13-12-16(22-18(24)14-6-2-3-7-15(14)20)27-17(13)19(25)26-11-5-10-23-9-4-8-21-23/h2-4,6-9,12H,5,10-11H2,1H3,(H,22,24). The van der Waals surface area contributed by atoms with Crippen molar-refractivity contribution >= 4 is 39.8 Å². The van der Waals surface area contributed by atoms with Gasteiger partial charge in [-0.15, -0.1) is 11.3 Å². The molecule has 0 spiro atoms. The van der Waals surface area contributed by atoms with E-state index in [0.29, 0.717) is 40.0 Å². The van der Waals surface area contributed by atoms with E-state index in [4.69, 9.17) is 16.3 Å². The number of esters is 1. The summed E-state index contributed by atoms with van der Waals surface area (Å²) in [5.74, 6) is -0.711. The van der Waals surface area contributed by atoms with Gasteiger partial charge in [0.2, 0.25) is 0 Å². The van der Waals surface area contributed by atoms with Crippen molar-refractivity contribution in [1.82, 2.24) is 9.78 Å². The van der Waals surface area contributed by atoms with Crippen molar-refractivity contribution in [3.05, 3.63) is 69.8 Å². The minimum atomic E-state index is -0.392. The second-order valence-electron chi connectivity index (χ2n) is 5.82. The monoisotopic (exact) mass is 403 g/mol. The van der Waals surface area contributed by atoms with Crippen LogP contribution in [0.1, 0.15) is 32.0 Å². The smallest absolute Gasteiger partial charge is 0.348 e. The zero-order valence-electron chi connectivity index (χ0n) is 14.6. The summed E-state index contributed by atoms with van der Waals surface area (Å²) in [6, 6.07) is 10.4. The first-order valence-corrected chi connectivity index (χ1v) is 9.55. The SMILES string of the molecule is Cc1cc(NC(=O)c2ccccc2Cl)sc1C(=O)OCCCn1cccn1. The number of amides is 1. The van der Waals surface area contributed by atoms with Crippen LogP contribution in [-0.4, -0.2) is 28.3 Å². The molecular weight excluding hydrogens is 386 g/mol. The van der Waals surface area contributed by atoms with Gasteiger partial charge in [-0.25, -0.2) is 4.79 Å². The molecule has 1 aromatic carbocycles. The first-order chi connectivity index (χ1) is 13.0. The van der Waals surface area contributed by atoms with Crippen LogP contribution < -0.4 is 5.32 Å². The van der Waals surface area contributed by atoms with Crippen LogP contribution in [0.3, 0.4) is 0 Å². The molecule has 0 radical (unpaired) electrons. The van der Waals surface area contributed by atoms with Gasteiger partial charge in [0.15, 0.2) is 0 Å². The zero-order valence-corrected chi connectivity index (χ0v) is 16.2. The molecule has 2 aromatic heterocycles. The van der Waals surface area contributed by atoms with E-state index in [-0.39, 0.29) is 5.91 Å². The topological polar surface area (TPSA) is 73.2 Å². The molecule has 0 bridgehead atoms. The van der Waals surface area contributed by atoms with Crippen LogP contribution in [0.4, 0.5) is 5.00 Å². The molecule has 3 aromatic rings. The normalized spacial score (nSPS) is 10.6. The van der Waals surface area contributed by atoms with Crippen LogP contribution in [0.5, 0.6) is 0 Å². The van der Waals surface area contributed by atoms with Crippen molar-refractivity contribution in [2.45, 2.75) is 19.9 Å². The molecule has 0 fully saturated rings. The summed E-state index contributed by atoms with van der Waals surface area (Å²) in [5.41, 5.74) is 1.14. The van der Waals surface area contributed by atoms with E-state index in [0.717, 1.165) is 5.56 Å². The minimum absolute atomic E-state index is 0.303. The van der Waals surface area contributed by atoms with Crippen LogP contribution in [0, 0.1) is 6.92 Å². The predicted octanol–water partition coefficient (Wildman–Crippen LogP) is 4.41. The van der Waals surface area contributed by atoms with Gasteiger partial charge in [0.1, 0.15) is 4.88 Å². The van der Waals surface area contributed by atoms with Gasteiger partial charge in [-0.2, -0.15) is 5.10 Å². The molecule has 2 heterocycles. The fourth-order valence-corrected chi connectivity index (χ4v) is 3.64. The highest BCUT2D eigenvalue weighted by Gasteiger charge is 2.17. The molecule has 0 aliphatic carbocycles. The Balaban J connectivity index is 1.56. The number of carbonyl (C=O) groups excluding carboxylic acids is 2. The molecule has 6 nitrogen and oxygen atoms in total. The van der Waals surface area contributed by atoms with Crippen LogP contribution in [-0.2, 0) is 11.3 Å². The van der Waals surface area contributed by atoms with Gasteiger partial charge in [0, 0.05) is 25.4 Å². The Morgan fingerprint density at radius 3 is 2.85 bits per heavy atom. The number of ether oxygens (including phenoxy) is 1. The fourth-order valence-electron chi connectivity index (χ4n) is 2.46. The summed E-state index contributed by atoms with van der Waals surface area (Å²) in [5, 5.41) is 7.82. The lowest BCUT2D eigenvalue weighted by Crippen LogP contribution is -2.11. The van der Waals surface area contributed by atoms with Gasteiger partial charge in [-0.05, 0) is 36.8 Å². The number of hydrogen-bond donors (Lipinski definition) is 1. The molecule has 0 aliphatic heterocycles. The largest absolute Gasteiger partial charge is 0.461 e. The van der Waals surface area contributed by atoms with Gasteiger partial charge in [-0.1, -0.05) is 23.7 Å². The lowest BCUT2D eigenvalue weighted by molar-refractivity contribution is 0.0499. The van der Waals surface area contributed by atoms with E-state index < -0.39 is 5.97 Å². The Morgan fingerprint density at radius 2 is 2.11 bits per heavy atom. The average Bonchev–Trinajstić information content (AvgIpc) is 3.28. The first-order valence-electron chi connectivity index (χ1n) is 8.35. The number of hydrogen-bond acceptors (Lipinski definition) is 5. The van der Waals surface area contributed by atoms with Gasteiger partial charge in [0.05, 0.1) is 22.2 Å². The number of thiophene rings is 1. The van der Waals surface area contributed by atoms with Crippen LogP contribution in [0.2, 0.25) is 5.02 Å². The highest BCUT2D eigenvalue weighted by molar-refractivity contribution is 7.18. The molecule has 140 valence electrons. The highest BCUT2D eigenvalue weighted by atomic mass is 35.5. The van der Waals surface area contributed by atoms with Gasteiger partial charge < -0.3 is 10.1 Å². The van der Waals surface area contributed by atoms with E-state index in [2.05, 4.69) is 10.4 Å². The maximum absolute atomic E-state index is 12.3. The van der Waals surface area contributed by atoms with Crippen LogP contribution in [0.15, 0.2) is 48.8 Å². The van der Waals surface area contributed by atoms with Gasteiger partial charge >= 0.3 is 5.97 Å². The van der Waals surface area contributed by atoms with Crippen molar-refractivity contribution < 1.29 is 14.3 Å². The Labute approximate surface area is 165 Å². The Kier molecular flexibility index (Phi) is 6.26. The number of benzene rings is 1. The van der Waals surface area contributed by atoms with E-state index in [1.54, 1.807) is 41.2 Å². The molecule has 3 rings (SSSR count). The fraction of sp³-hybridized carbons (Fsp3) is 0.211. The minimum Gasteiger partial charge on any atom is -0.461 e. The zero-order chi connectivity index (χ0) is 19.2. The molecule has 0 unspecified atom stereocenters. The third kappa shape index (κ3) is 4.96. The Bertz CT molecular complexity index is 938. The summed E-state index contributed by atoms with van der Waals surface area (Å²) < 4.78 is 7.11.